The van der Waals surface area contributed by atoms with Crippen LogP contribution in [0.3, 0.4) is 0 Å². The summed E-state index contributed by atoms with van der Waals surface area (Å²) in [6.07, 6.45) is 0. The molecule has 0 aliphatic rings. The molecule has 0 aliphatic carbocycles. The maximum atomic E-state index is 10.3. The molecule has 80 valence electrons. The molecule has 0 bridgehead atoms. The summed E-state index contributed by atoms with van der Waals surface area (Å²) in [5, 5.41) is 0.0621. The molecule has 0 rings (SSSR count). The van der Waals surface area contributed by atoms with Gasteiger partial charge in [0, 0.05) is 11.2 Å². The third-order valence-corrected chi connectivity index (χ3v) is 3.81. The van der Waals surface area contributed by atoms with Gasteiger partial charge in [0.1, 0.15) is 0 Å². The van der Waals surface area contributed by atoms with Crippen molar-refractivity contribution in [3.63, 3.8) is 0 Å². The van der Waals surface area contributed by atoms with Crippen molar-refractivity contribution in [2.75, 3.05) is 16.8 Å². The molecule has 0 radical (unpaired) electrons. The molecule has 6 nitrogen and oxygen atoms in total. The Hall–Kier alpha value is 0.300. The SMILES string of the molecule is O=S(=O)(O)CC(CBr)CS(=O)(=O)O. The van der Waals surface area contributed by atoms with Crippen LogP contribution in [0, 0.1) is 5.92 Å². The number of alkyl halides is 1. The molecule has 0 unspecified atom stereocenters. The second-order valence-corrected chi connectivity index (χ2v) is 6.16. The maximum Gasteiger partial charge on any atom is 0.265 e. The molecule has 0 heterocycles. The van der Waals surface area contributed by atoms with Gasteiger partial charge in [-0.05, 0) is 0 Å². The number of hydrogen-bond donors (Lipinski definition) is 2. The average molecular weight is 297 g/mol. The van der Waals surface area contributed by atoms with E-state index in [4.69, 9.17) is 9.11 Å². The van der Waals surface area contributed by atoms with Crippen molar-refractivity contribution in [1.82, 2.24) is 0 Å². The Labute approximate surface area is 85.0 Å². The standard InChI is InChI=1S/C4H9BrO6S2/c5-1-4(2-12(6,7)8)3-13(9,10)11/h4H,1-3H2,(H,6,7,8)(H,9,10,11). The van der Waals surface area contributed by atoms with Crippen molar-refractivity contribution >= 4 is 36.2 Å². The van der Waals surface area contributed by atoms with Crippen LogP contribution in [-0.2, 0) is 20.2 Å². The summed E-state index contributed by atoms with van der Waals surface area (Å²) < 4.78 is 58.2. The van der Waals surface area contributed by atoms with E-state index in [1.807, 2.05) is 0 Å². The molecule has 9 heteroatoms. The van der Waals surface area contributed by atoms with Crippen molar-refractivity contribution in [3.8, 4) is 0 Å². The highest BCUT2D eigenvalue weighted by atomic mass is 79.9. The molecule has 0 saturated carbocycles. The van der Waals surface area contributed by atoms with Gasteiger partial charge >= 0.3 is 0 Å². The van der Waals surface area contributed by atoms with Crippen LogP contribution < -0.4 is 0 Å². The van der Waals surface area contributed by atoms with Gasteiger partial charge in [0.25, 0.3) is 20.2 Å². The average Bonchev–Trinajstić information content (AvgIpc) is 1.79. The second kappa shape index (κ2) is 4.69. The lowest BCUT2D eigenvalue weighted by Gasteiger charge is -2.08. The Bertz CT molecular complexity index is 309. The molecule has 0 saturated heterocycles. The van der Waals surface area contributed by atoms with Crippen molar-refractivity contribution < 1.29 is 25.9 Å². The molecule has 0 aromatic rings. The summed E-state index contributed by atoms with van der Waals surface area (Å²) >= 11 is 2.87. The molecular weight excluding hydrogens is 288 g/mol. The van der Waals surface area contributed by atoms with Crippen LogP contribution in [-0.4, -0.2) is 42.8 Å². The van der Waals surface area contributed by atoms with Gasteiger partial charge in [-0.15, -0.1) is 0 Å². The maximum absolute atomic E-state index is 10.3. The largest absolute Gasteiger partial charge is 0.286 e. The Morgan fingerprint density at radius 2 is 1.31 bits per heavy atom. The van der Waals surface area contributed by atoms with Crippen LogP contribution in [0.5, 0.6) is 0 Å². The van der Waals surface area contributed by atoms with E-state index in [-0.39, 0.29) is 5.33 Å². The molecule has 0 spiro atoms. The minimum Gasteiger partial charge on any atom is -0.286 e. The third-order valence-electron chi connectivity index (χ3n) is 1.11. The number of halogens is 1. The first kappa shape index (κ1) is 13.3. The van der Waals surface area contributed by atoms with Crippen LogP contribution in [0.15, 0.2) is 0 Å². The minimum absolute atomic E-state index is 0.0621. The zero-order valence-corrected chi connectivity index (χ0v) is 9.64. The van der Waals surface area contributed by atoms with Gasteiger partial charge in [0.05, 0.1) is 11.5 Å². The highest BCUT2D eigenvalue weighted by Crippen LogP contribution is 2.07. The highest BCUT2D eigenvalue weighted by Gasteiger charge is 2.21. The smallest absolute Gasteiger partial charge is 0.265 e. The van der Waals surface area contributed by atoms with E-state index in [2.05, 4.69) is 15.9 Å². The highest BCUT2D eigenvalue weighted by molar-refractivity contribution is 9.09. The molecule has 0 fully saturated rings. The van der Waals surface area contributed by atoms with Gasteiger partial charge in [-0.25, -0.2) is 0 Å². The Morgan fingerprint density at radius 1 is 1.00 bits per heavy atom. The van der Waals surface area contributed by atoms with Crippen LogP contribution in [0.4, 0.5) is 0 Å². The zero-order chi connectivity index (χ0) is 10.7. The lowest BCUT2D eigenvalue weighted by Crippen LogP contribution is -2.24. The van der Waals surface area contributed by atoms with Crippen molar-refractivity contribution in [3.05, 3.63) is 0 Å². The van der Waals surface area contributed by atoms with Gasteiger partial charge in [0.15, 0.2) is 0 Å². The summed E-state index contributed by atoms with van der Waals surface area (Å²) in [7, 11) is -8.43. The molecule has 0 aromatic carbocycles. The van der Waals surface area contributed by atoms with E-state index >= 15 is 0 Å². The fraction of sp³-hybridized carbons (Fsp3) is 1.00. The molecule has 13 heavy (non-hydrogen) atoms. The van der Waals surface area contributed by atoms with Crippen molar-refractivity contribution in [2.24, 2.45) is 5.92 Å². The predicted molar refractivity (Wildman–Crippen MR) is 50.1 cm³/mol. The molecule has 0 aromatic heterocycles. The quantitative estimate of drug-likeness (QED) is 0.536. The van der Waals surface area contributed by atoms with E-state index in [9.17, 15) is 16.8 Å². The predicted octanol–water partition coefficient (Wildman–Crippen LogP) is -0.227. The topological polar surface area (TPSA) is 109 Å². The van der Waals surface area contributed by atoms with Crippen LogP contribution in [0.1, 0.15) is 0 Å². The van der Waals surface area contributed by atoms with Gasteiger partial charge in [-0.2, -0.15) is 16.8 Å². The Balaban J connectivity index is 4.39. The third kappa shape index (κ3) is 8.63. The van der Waals surface area contributed by atoms with Gasteiger partial charge < -0.3 is 0 Å². The molecule has 0 aliphatic heterocycles. The second-order valence-electron chi connectivity index (χ2n) is 2.52. The lowest BCUT2D eigenvalue weighted by molar-refractivity contribution is 0.463. The lowest BCUT2D eigenvalue weighted by atomic mass is 10.3. The summed E-state index contributed by atoms with van der Waals surface area (Å²) in [4.78, 5) is 0. The molecule has 2 N–H and O–H groups in total. The van der Waals surface area contributed by atoms with Gasteiger partial charge in [-0.3, -0.25) is 9.11 Å². The zero-order valence-electron chi connectivity index (χ0n) is 6.42. The normalized spacial score (nSPS) is 13.5. The van der Waals surface area contributed by atoms with Crippen LogP contribution in [0.2, 0.25) is 0 Å². The first-order chi connectivity index (χ1) is 5.64. The van der Waals surface area contributed by atoms with E-state index < -0.39 is 37.7 Å². The number of rotatable bonds is 5. The van der Waals surface area contributed by atoms with Gasteiger partial charge in [0.2, 0.25) is 0 Å². The first-order valence-corrected chi connectivity index (χ1v) is 7.44. The first-order valence-electron chi connectivity index (χ1n) is 3.10. The molecule has 0 atom stereocenters. The summed E-state index contributed by atoms with van der Waals surface area (Å²) in [5.74, 6) is -2.25. The minimum atomic E-state index is -4.21. The van der Waals surface area contributed by atoms with E-state index in [0.717, 1.165) is 0 Å². The van der Waals surface area contributed by atoms with E-state index in [1.165, 1.54) is 0 Å². The molecule has 0 amide bonds. The molecular formula is C4H9BrO6S2. The fourth-order valence-electron chi connectivity index (χ4n) is 0.733. The Kier molecular flexibility index (Phi) is 4.80. The van der Waals surface area contributed by atoms with Crippen molar-refractivity contribution in [1.29, 1.82) is 0 Å². The van der Waals surface area contributed by atoms with Gasteiger partial charge in [-0.1, -0.05) is 15.9 Å². The summed E-state index contributed by atoms with van der Waals surface area (Å²) in [6, 6.07) is 0. The van der Waals surface area contributed by atoms with Crippen LogP contribution >= 0.6 is 15.9 Å². The van der Waals surface area contributed by atoms with E-state index in [1.54, 1.807) is 0 Å². The van der Waals surface area contributed by atoms with Crippen molar-refractivity contribution in [2.45, 2.75) is 0 Å². The summed E-state index contributed by atoms with van der Waals surface area (Å²) in [6.45, 7) is 0. The monoisotopic (exact) mass is 296 g/mol. The Morgan fingerprint density at radius 3 is 1.46 bits per heavy atom. The van der Waals surface area contributed by atoms with Crippen LogP contribution in [0.25, 0.3) is 0 Å². The van der Waals surface area contributed by atoms with E-state index in [0.29, 0.717) is 0 Å². The fourth-order valence-corrected chi connectivity index (χ4v) is 3.61. The number of hydrogen-bond acceptors (Lipinski definition) is 4. The summed E-state index contributed by atoms with van der Waals surface area (Å²) in [5.41, 5.74) is 0.